The van der Waals surface area contributed by atoms with Crippen LogP contribution in [0.15, 0.2) is 67.0 Å². The molecule has 7 heteroatoms. The fourth-order valence-electron chi connectivity index (χ4n) is 4.52. The Bertz CT molecular complexity index is 1520. The summed E-state index contributed by atoms with van der Waals surface area (Å²) in [6, 6.07) is 17.2. The van der Waals surface area contributed by atoms with Crippen molar-refractivity contribution >= 4 is 34.1 Å². The van der Waals surface area contributed by atoms with Gasteiger partial charge in [0, 0.05) is 18.5 Å². The molecule has 0 bridgehead atoms. The number of nitrogens with zero attached hydrogens (tertiary/aromatic N) is 3. The van der Waals surface area contributed by atoms with Crippen LogP contribution < -0.4 is 0 Å². The van der Waals surface area contributed by atoms with Crippen molar-refractivity contribution < 1.29 is 14.3 Å². The van der Waals surface area contributed by atoms with E-state index in [9.17, 15) is 14.4 Å². The third-order valence-electron chi connectivity index (χ3n) is 6.44. The molecule has 1 saturated carbocycles. The molecule has 5 rings (SSSR count). The number of aliphatic carboxylic acids is 1. The molecule has 1 fully saturated rings. The second kappa shape index (κ2) is 9.35. The van der Waals surface area contributed by atoms with Crippen LogP contribution in [0.1, 0.15) is 47.1 Å². The lowest BCUT2D eigenvalue weighted by molar-refractivity contribution is -0.131. The summed E-state index contributed by atoms with van der Waals surface area (Å²) in [6.45, 7) is 0. The van der Waals surface area contributed by atoms with Gasteiger partial charge in [0.2, 0.25) is 5.95 Å². The highest BCUT2D eigenvalue weighted by Crippen LogP contribution is 2.46. The van der Waals surface area contributed by atoms with E-state index in [4.69, 9.17) is 5.11 Å². The predicted molar refractivity (Wildman–Crippen MR) is 131 cm³/mol. The predicted octanol–water partition coefficient (Wildman–Crippen LogP) is 5.83. The number of carboxylic acid groups (broad SMARTS) is 1. The number of aromatic nitrogens is 3. The van der Waals surface area contributed by atoms with Crippen molar-refractivity contribution in [3.63, 3.8) is 0 Å². The van der Waals surface area contributed by atoms with Crippen molar-refractivity contribution in [3.8, 4) is 6.07 Å². The molecule has 1 aliphatic carbocycles. The quantitative estimate of drug-likeness (QED) is 0.350. The van der Waals surface area contributed by atoms with Crippen LogP contribution in [0.2, 0.25) is 0 Å². The van der Waals surface area contributed by atoms with Crippen LogP contribution in [-0.4, -0.2) is 26.3 Å². The average molecular weight is 465 g/mol. The minimum Gasteiger partial charge on any atom is -0.478 e. The molecule has 2 aromatic heterocycles. The van der Waals surface area contributed by atoms with Crippen LogP contribution in [0.25, 0.3) is 28.1 Å². The fourth-order valence-corrected chi connectivity index (χ4v) is 4.52. The first-order valence-corrected chi connectivity index (χ1v) is 11.3. The van der Waals surface area contributed by atoms with Gasteiger partial charge in [0.1, 0.15) is 6.07 Å². The van der Waals surface area contributed by atoms with Gasteiger partial charge in [0.05, 0.1) is 16.5 Å². The molecule has 6 nitrogen and oxygen atoms in total. The number of nitriles is 1. The van der Waals surface area contributed by atoms with Gasteiger partial charge in [0.15, 0.2) is 0 Å². The number of rotatable bonds is 6. The first kappa shape index (κ1) is 22.2. The van der Waals surface area contributed by atoms with Crippen LogP contribution in [0.3, 0.4) is 0 Å². The summed E-state index contributed by atoms with van der Waals surface area (Å²) in [5.74, 6) is -1.34. The topological polar surface area (TPSA) is 103 Å². The number of allylic oxidation sites excluding steroid dienone is 1. The summed E-state index contributed by atoms with van der Waals surface area (Å²) in [6.07, 6.45) is 8.98. The van der Waals surface area contributed by atoms with Gasteiger partial charge >= 0.3 is 5.97 Å². The molecule has 1 aliphatic rings. The summed E-state index contributed by atoms with van der Waals surface area (Å²) in [4.78, 5) is 15.0. The van der Waals surface area contributed by atoms with Gasteiger partial charge in [-0.2, -0.15) is 9.65 Å². The van der Waals surface area contributed by atoms with Crippen molar-refractivity contribution in [1.82, 2.24) is 15.2 Å². The van der Waals surface area contributed by atoms with E-state index in [0.29, 0.717) is 16.5 Å². The smallest absolute Gasteiger partial charge is 0.328 e. The molecule has 35 heavy (non-hydrogen) atoms. The molecule has 2 heterocycles. The third kappa shape index (κ3) is 4.34. The van der Waals surface area contributed by atoms with Gasteiger partial charge in [0.25, 0.3) is 0 Å². The largest absolute Gasteiger partial charge is 0.478 e. The molecule has 0 atom stereocenters. The zero-order valence-corrected chi connectivity index (χ0v) is 18.7. The molecular weight excluding hydrogens is 443 g/mol. The maximum atomic E-state index is 14.4. The van der Waals surface area contributed by atoms with Gasteiger partial charge in [-0.25, -0.2) is 4.79 Å². The third-order valence-corrected chi connectivity index (χ3v) is 6.44. The maximum Gasteiger partial charge on any atom is 0.328 e. The van der Waals surface area contributed by atoms with E-state index in [2.05, 4.69) is 21.3 Å². The number of halogens is 1. The Kier molecular flexibility index (Phi) is 5.94. The Morgan fingerprint density at radius 1 is 1.14 bits per heavy atom. The molecule has 0 spiro atoms. The van der Waals surface area contributed by atoms with Gasteiger partial charge in [-0.3, -0.25) is 10.1 Å². The summed E-state index contributed by atoms with van der Waals surface area (Å²) >= 11 is 0. The number of H-pyrrole nitrogens is 1. The second-order valence-corrected chi connectivity index (χ2v) is 8.52. The van der Waals surface area contributed by atoms with E-state index in [1.807, 2.05) is 36.4 Å². The lowest BCUT2D eigenvalue weighted by Gasteiger charge is -2.32. The number of pyridine rings is 1. The van der Waals surface area contributed by atoms with Crippen molar-refractivity contribution in [2.75, 3.05) is 0 Å². The Morgan fingerprint density at radius 3 is 2.60 bits per heavy atom. The second-order valence-electron chi connectivity index (χ2n) is 8.52. The van der Waals surface area contributed by atoms with E-state index in [-0.39, 0.29) is 5.92 Å². The van der Waals surface area contributed by atoms with E-state index < -0.39 is 11.9 Å². The van der Waals surface area contributed by atoms with Gasteiger partial charge < -0.3 is 5.11 Å². The van der Waals surface area contributed by atoms with E-state index in [1.54, 1.807) is 24.5 Å². The molecule has 0 saturated heterocycles. The number of aromatic amines is 1. The highest BCUT2D eigenvalue weighted by Gasteiger charge is 2.29. The summed E-state index contributed by atoms with van der Waals surface area (Å²) in [5, 5.41) is 25.5. The molecular formula is C28H21FN4O2. The van der Waals surface area contributed by atoms with E-state index >= 15 is 0 Å². The number of benzene rings is 2. The SMILES string of the molecule is N#Cc1cnccc1C(=C(c1ccc(C=CC(=O)O)cc1)c1ccc2[nH]nc(F)c2c1)C1CCC1. The normalized spacial score (nSPS) is 14.5. The van der Waals surface area contributed by atoms with Crippen LogP contribution in [0.5, 0.6) is 0 Å². The molecule has 0 unspecified atom stereocenters. The van der Waals surface area contributed by atoms with Gasteiger partial charge in [-0.05, 0) is 76.4 Å². The molecule has 0 amide bonds. The number of fused-ring (bicyclic) bond motifs is 1. The minimum atomic E-state index is -1.01. The van der Waals surface area contributed by atoms with Crippen LogP contribution >= 0.6 is 0 Å². The standard InChI is InChI=1S/C28H21FN4O2/c29-28-23-14-20(9-10-24(23)32-33-28)26(19-7-4-17(5-8-19)6-11-25(34)35)27(18-2-1-3-18)22-12-13-31-16-21(22)15-30/h4-14,16,18H,1-3H2,(H,32,33)(H,34,35). The molecule has 2 aromatic carbocycles. The summed E-state index contributed by atoms with van der Waals surface area (Å²) in [5.41, 5.74) is 6.32. The van der Waals surface area contributed by atoms with Gasteiger partial charge in [-0.15, -0.1) is 5.10 Å². The van der Waals surface area contributed by atoms with Crippen molar-refractivity contribution in [3.05, 3.63) is 101 Å². The average Bonchev–Trinajstić information content (AvgIpc) is 3.22. The van der Waals surface area contributed by atoms with E-state index in [0.717, 1.165) is 58.7 Å². The Balaban J connectivity index is 1.78. The Hall–Kier alpha value is -4.57. The number of nitrogens with one attached hydrogen (secondary N) is 1. The fraction of sp³-hybridized carbons (Fsp3) is 0.143. The van der Waals surface area contributed by atoms with Crippen LogP contribution in [-0.2, 0) is 4.79 Å². The van der Waals surface area contributed by atoms with Crippen molar-refractivity contribution in [2.45, 2.75) is 19.3 Å². The minimum absolute atomic E-state index is 0.246. The first-order valence-electron chi connectivity index (χ1n) is 11.3. The van der Waals surface area contributed by atoms with Crippen LogP contribution in [0.4, 0.5) is 4.39 Å². The number of hydrogen-bond acceptors (Lipinski definition) is 4. The number of carbonyl (C=O) groups is 1. The zero-order valence-electron chi connectivity index (χ0n) is 18.7. The highest BCUT2D eigenvalue weighted by molar-refractivity contribution is 6.02. The van der Waals surface area contributed by atoms with E-state index in [1.165, 1.54) is 6.08 Å². The lowest BCUT2D eigenvalue weighted by Crippen LogP contribution is -2.16. The van der Waals surface area contributed by atoms with Crippen molar-refractivity contribution in [2.24, 2.45) is 5.92 Å². The molecule has 2 N–H and O–H groups in total. The molecule has 172 valence electrons. The van der Waals surface area contributed by atoms with Crippen molar-refractivity contribution in [1.29, 1.82) is 5.26 Å². The summed E-state index contributed by atoms with van der Waals surface area (Å²) < 4.78 is 14.4. The Labute approximate surface area is 201 Å². The molecule has 4 aromatic rings. The Morgan fingerprint density at radius 2 is 1.91 bits per heavy atom. The lowest BCUT2D eigenvalue weighted by atomic mass is 9.72. The highest BCUT2D eigenvalue weighted by atomic mass is 19.1. The zero-order chi connectivity index (χ0) is 24.4. The monoisotopic (exact) mass is 464 g/mol. The maximum absolute atomic E-state index is 14.4. The molecule has 0 aliphatic heterocycles. The number of hydrogen-bond donors (Lipinski definition) is 2. The summed E-state index contributed by atoms with van der Waals surface area (Å²) in [7, 11) is 0. The van der Waals surface area contributed by atoms with Crippen LogP contribution in [0, 0.1) is 23.2 Å². The molecule has 0 radical (unpaired) electrons. The number of carboxylic acids is 1. The van der Waals surface area contributed by atoms with Gasteiger partial charge in [-0.1, -0.05) is 36.8 Å². The first-order chi connectivity index (χ1) is 17.0.